The first-order chi connectivity index (χ1) is 14.7. The zero-order chi connectivity index (χ0) is 20.9. The van der Waals surface area contributed by atoms with Crippen molar-refractivity contribution < 1.29 is 9.53 Å². The van der Waals surface area contributed by atoms with E-state index in [4.69, 9.17) is 9.72 Å². The number of nitrogens with zero attached hydrogens (tertiary/aromatic N) is 4. The summed E-state index contributed by atoms with van der Waals surface area (Å²) in [6.07, 6.45) is 4.35. The van der Waals surface area contributed by atoms with Crippen LogP contribution in [0.3, 0.4) is 0 Å². The SMILES string of the molecule is COC[C@H]1CCCN(Cc2c(C(=O)N(C)Cc3ccccc3)nc3ccccn23)C1. The second kappa shape index (κ2) is 9.41. The number of methoxy groups -OCH3 is 1. The monoisotopic (exact) mass is 406 g/mol. The molecule has 0 radical (unpaired) electrons. The molecular formula is C24H30N4O2. The summed E-state index contributed by atoms with van der Waals surface area (Å²) >= 11 is 0. The van der Waals surface area contributed by atoms with Crippen LogP contribution in [0.15, 0.2) is 54.7 Å². The van der Waals surface area contributed by atoms with E-state index in [0.29, 0.717) is 24.7 Å². The highest BCUT2D eigenvalue weighted by molar-refractivity contribution is 5.94. The minimum Gasteiger partial charge on any atom is -0.384 e. The van der Waals surface area contributed by atoms with Gasteiger partial charge in [-0.3, -0.25) is 9.69 Å². The lowest BCUT2D eigenvalue weighted by molar-refractivity contribution is 0.0767. The fourth-order valence-electron chi connectivity index (χ4n) is 4.36. The Morgan fingerprint density at radius 2 is 2.00 bits per heavy atom. The molecular weight excluding hydrogens is 376 g/mol. The smallest absolute Gasteiger partial charge is 0.274 e. The number of benzene rings is 1. The molecule has 2 aromatic heterocycles. The van der Waals surface area contributed by atoms with Gasteiger partial charge < -0.3 is 14.0 Å². The van der Waals surface area contributed by atoms with Gasteiger partial charge >= 0.3 is 0 Å². The number of amides is 1. The third-order valence-electron chi connectivity index (χ3n) is 5.82. The Bertz CT molecular complexity index is 983. The molecule has 4 rings (SSSR count). The Hall–Kier alpha value is -2.70. The van der Waals surface area contributed by atoms with Crippen LogP contribution < -0.4 is 0 Å². The quantitative estimate of drug-likeness (QED) is 0.603. The van der Waals surface area contributed by atoms with E-state index in [1.54, 1.807) is 12.0 Å². The molecule has 0 N–H and O–H groups in total. The van der Waals surface area contributed by atoms with Gasteiger partial charge in [-0.05, 0) is 43.0 Å². The summed E-state index contributed by atoms with van der Waals surface area (Å²) in [4.78, 5) is 22.3. The maximum absolute atomic E-state index is 13.4. The average molecular weight is 407 g/mol. The average Bonchev–Trinajstić information content (AvgIpc) is 3.13. The second-order valence-corrected chi connectivity index (χ2v) is 8.18. The van der Waals surface area contributed by atoms with Crippen LogP contribution >= 0.6 is 0 Å². The van der Waals surface area contributed by atoms with Crippen molar-refractivity contribution in [3.63, 3.8) is 0 Å². The van der Waals surface area contributed by atoms with E-state index in [1.807, 2.05) is 61.8 Å². The predicted molar refractivity (Wildman–Crippen MR) is 117 cm³/mol. The van der Waals surface area contributed by atoms with Crippen molar-refractivity contribution in [2.45, 2.75) is 25.9 Å². The van der Waals surface area contributed by atoms with E-state index >= 15 is 0 Å². The summed E-state index contributed by atoms with van der Waals surface area (Å²) in [6, 6.07) is 16.0. The first kappa shape index (κ1) is 20.6. The van der Waals surface area contributed by atoms with Crippen LogP contribution in [0.25, 0.3) is 5.65 Å². The number of imidazole rings is 1. The van der Waals surface area contributed by atoms with Gasteiger partial charge in [-0.2, -0.15) is 0 Å². The van der Waals surface area contributed by atoms with Gasteiger partial charge in [0.05, 0.1) is 12.3 Å². The van der Waals surface area contributed by atoms with Gasteiger partial charge in [0.1, 0.15) is 5.65 Å². The third-order valence-corrected chi connectivity index (χ3v) is 5.82. The second-order valence-electron chi connectivity index (χ2n) is 8.18. The van der Waals surface area contributed by atoms with Crippen LogP contribution in [0.2, 0.25) is 0 Å². The van der Waals surface area contributed by atoms with E-state index in [0.717, 1.165) is 43.0 Å². The topological polar surface area (TPSA) is 50.1 Å². The van der Waals surface area contributed by atoms with Gasteiger partial charge in [-0.1, -0.05) is 36.4 Å². The van der Waals surface area contributed by atoms with E-state index in [9.17, 15) is 4.79 Å². The molecule has 0 aliphatic carbocycles. The molecule has 1 aliphatic heterocycles. The summed E-state index contributed by atoms with van der Waals surface area (Å²) in [5, 5.41) is 0. The number of carbonyl (C=O) groups is 1. The Morgan fingerprint density at radius 3 is 2.80 bits per heavy atom. The summed E-state index contributed by atoms with van der Waals surface area (Å²) in [5.74, 6) is 0.505. The van der Waals surface area contributed by atoms with Crippen LogP contribution in [-0.4, -0.2) is 58.9 Å². The molecule has 3 aromatic rings. The molecule has 0 bridgehead atoms. The summed E-state index contributed by atoms with van der Waals surface area (Å²) < 4.78 is 7.44. The molecule has 0 saturated carbocycles. The summed E-state index contributed by atoms with van der Waals surface area (Å²) in [6.45, 7) is 4.09. The van der Waals surface area contributed by atoms with Gasteiger partial charge in [-0.15, -0.1) is 0 Å². The number of aromatic nitrogens is 2. The third kappa shape index (κ3) is 4.55. The van der Waals surface area contributed by atoms with Crippen LogP contribution in [0, 0.1) is 5.92 Å². The first-order valence-electron chi connectivity index (χ1n) is 10.6. The molecule has 1 aromatic carbocycles. The van der Waals surface area contributed by atoms with Crippen molar-refractivity contribution in [2.24, 2.45) is 5.92 Å². The maximum atomic E-state index is 13.4. The Labute approximate surface area is 178 Å². The minimum atomic E-state index is -0.0389. The van der Waals surface area contributed by atoms with Crippen LogP contribution in [0.1, 0.15) is 34.6 Å². The van der Waals surface area contributed by atoms with Crippen molar-refractivity contribution >= 4 is 11.6 Å². The molecule has 1 amide bonds. The molecule has 1 fully saturated rings. The van der Waals surface area contributed by atoms with Crippen molar-refractivity contribution in [1.82, 2.24) is 19.2 Å². The standard InChI is InChI=1S/C24H30N4O2/c1-26(15-19-9-4-3-5-10-19)24(29)23-21(28-14-7-6-12-22(28)25-23)17-27-13-8-11-20(16-27)18-30-2/h3-7,9-10,12,14,20H,8,11,13,15-18H2,1-2H3/t20-/m0/s1. The molecule has 0 spiro atoms. The Kier molecular flexibility index (Phi) is 6.45. The van der Waals surface area contributed by atoms with E-state index in [-0.39, 0.29) is 5.91 Å². The first-order valence-corrected chi connectivity index (χ1v) is 10.6. The highest BCUT2D eigenvalue weighted by Gasteiger charge is 2.26. The number of ether oxygens (including phenoxy) is 1. The number of fused-ring (bicyclic) bond motifs is 1. The molecule has 6 nitrogen and oxygen atoms in total. The van der Waals surface area contributed by atoms with Gasteiger partial charge in [0.15, 0.2) is 5.69 Å². The molecule has 30 heavy (non-hydrogen) atoms. The zero-order valence-electron chi connectivity index (χ0n) is 17.8. The van der Waals surface area contributed by atoms with E-state index in [2.05, 4.69) is 9.30 Å². The van der Waals surface area contributed by atoms with Gasteiger partial charge in [0, 0.05) is 40.0 Å². The maximum Gasteiger partial charge on any atom is 0.274 e. The number of piperidine rings is 1. The van der Waals surface area contributed by atoms with E-state index < -0.39 is 0 Å². The summed E-state index contributed by atoms with van der Waals surface area (Å²) in [5.41, 5.74) is 3.44. The number of pyridine rings is 1. The fraction of sp³-hybridized carbons (Fsp3) is 0.417. The molecule has 1 atom stereocenters. The number of hydrogen-bond donors (Lipinski definition) is 0. The van der Waals surface area contributed by atoms with Crippen molar-refractivity contribution in [3.05, 3.63) is 71.7 Å². The Balaban J connectivity index is 1.59. The minimum absolute atomic E-state index is 0.0389. The number of likely N-dealkylation sites (tertiary alicyclic amines) is 1. The molecule has 1 aliphatic rings. The molecule has 6 heteroatoms. The van der Waals surface area contributed by atoms with Gasteiger partial charge in [0.2, 0.25) is 0 Å². The van der Waals surface area contributed by atoms with Crippen LogP contribution in [0.4, 0.5) is 0 Å². The highest BCUT2D eigenvalue weighted by Crippen LogP contribution is 2.22. The summed E-state index contributed by atoms with van der Waals surface area (Å²) in [7, 11) is 3.61. The zero-order valence-corrected chi connectivity index (χ0v) is 17.8. The van der Waals surface area contributed by atoms with Crippen LogP contribution in [-0.2, 0) is 17.8 Å². The Morgan fingerprint density at radius 1 is 1.20 bits per heavy atom. The predicted octanol–water partition coefficient (Wildman–Crippen LogP) is 3.46. The number of rotatable bonds is 7. The number of hydrogen-bond acceptors (Lipinski definition) is 4. The lowest BCUT2D eigenvalue weighted by Crippen LogP contribution is -2.37. The molecule has 3 heterocycles. The largest absolute Gasteiger partial charge is 0.384 e. The van der Waals surface area contributed by atoms with Crippen molar-refractivity contribution in [2.75, 3.05) is 33.9 Å². The fourth-order valence-corrected chi connectivity index (χ4v) is 4.36. The molecule has 158 valence electrons. The van der Waals surface area contributed by atoms with Gasteiger partial charge in [-0.25, -0.2) is 4.98 Å². The van der Waals surface area contributed by atoms with Gasteiger partial charge in [0.25, 0.3) is 5.91 Å². The highest BCUT2D eigenvalue weighted by atomic mass is 16.5. The van der Waals surface area contributed by atoms with E-state index in [1.165, 1.54) is 6.42 Å². The molecule has 0 unspecified atom stereocenters. The lowest BCUT2D eigenvalue weighted by Gasteiger charge is -2.32. The normalized spacial score (nSPS) is 17.3. The molecule has 1 saturated heterocycles. The lowest BCUT2D eigenvalue weighted by atomic mass is 9.99. The number of carbonyl (C=O) groups excluding carboxylic acids is 1. The van der Waals surface area contributed by atoms with Crippen LogP contribution in [0.5, 0.6) is 0 Å². The van der Waals surface area contributed by atoms with Crippen molar-refractivity contribution in [1.29, 1.82) is 0 Å². The van der Waals surface area contributed by atoms with Crippen molar-refractivity contribution in [3.8, 4) is 0 Å².